The molecular weight excluding hydrogens is 624 g/mol. The normalized spacial score (nSPS) is 11.5. The molecule has 6 rings (SSSR count). The topological polar surface area (TPSA) is 145 Å². The molecule has 0 saturated carbocycles. The summed E-state index contributed by atoms with van der Waals surface area (Å²) in [6.07, 6.45) is 6.42. The van der Waals surface area contributed by atoms with E-state index in [1.807, 2.05) is 146 Å². The lowest BCUT2D eigenvalue weighted by Gasteiger charge is -2.11. The zero-order valence-electron chi connectivity index (χ0n) is 27.0. The van der Waals surface area contributed by atoms with E-state index in [2.05, 4.69) is 36.7 Å². The summed E-state index contributed by atoms with van der Waals surface area (Å²) >= 11 is 0. The smallest absolute Gasteiger partial charge is 0.272 e. The van der Waals surface area contributed by atoms with Gasteiger partial charge < -0.3 is 10.2 Å². The molecule has 0 atom stereocenters. The van der Waals surface area contributed by atoms with Gasteiger partial charge in [-0.1, -0.05) is 77.9 Å². The van der Waals surface area contributed by atoms with Gasteiger partial charge in [-0.15, -0.1) is 0 Å². The molecule has 8 N–H and O–H groups in total. The van der Waals surface area contributed by atoms with Crippen molar-refractivity contribution < 1.29 is 15.6 Å². The Hall–Kier alpha value is -7.04. The molecule has 0 unspecified atom stereocenters. The van der Waals surface area contributed by atoms with Gasteiger partial charge in [-0.05, 0) is 71.8 Å². The number of rotatable bonds is 13. The number of phenolic OH excluding ortho intramolecular Hbond substituents is 1. The summed E-state index contributed by atoms with van der Waals surface area (Å²) in [6.45, 7) is 0. The Balaban J connectivity index is 1.39. The first-order valence-corrected chi connectivity index (χ1v) is 15.8. The number of hydrogen-bond donors (Lipinski definition) is 5. The fourth-order valence-electron chi connectivity index (χ4n) is 4.91. The van der Waals surface area contributed by atoms with E-state index in [-0.39, 0.29) is 11.5 Å². The van der Waals surface area contributed by atoms with Crippen LogP contribution in [0.4, 0.5) is 22.7 Å². The van der Waals surface area contributed by atoms with Gasteiger partial charge >= 0.3 is 0 Å². The predicted molar refractivity (Wildman–Crippen MR) is 205 cm³/mol. The maximum atomic E-state index is 11.3. The third-order valence-corrected chi connectivity index (χ3v) is 7.45. The van der Waals surface area contributed by atoms with E-state index in [9.17, 15) is 5.11 Å². The van der Waals surface area contributed by atoms with Crippen molar-refractivity contribution in [2.45, 2.75) is 0 Å². The lowest BCUT2D eigenvalue weighted by Crippen LogP contribution is -2.71. The largest absolute Gasteiger partial charge is 0.592 e. The molecular formula is C40H36N8O2+2. The van der Waals surface area contributed by atoms with Crippen molar-refractivity contribution in [1.29, 1.82) is 0 Å². The van der Waals surface area contributed by atoms with Crippen LogP contribution in [0.2, 0.25) is 0 Å². The fraction of sp³-hybridized carbons (Fsp3) is 0. The van der Waals surface area contributed by atoms with Gasteiger partial charge in [0.2, 0.25) is 0 Å². The zero-order valence-corrected chi connectivity index (χ0v) is 27.0. The van der Waals surface area contributed by atoms with E-state index in [4.69, 9.17) is 5.11 Å². The maximum Gasteiger partial charge on any atom is 0.272 e. The van der Waals surface area contributed by atoms with Gasteiger partial charge in [-0.3, -0.25) is 16.3 Å². The summed E-state index contributed by atoms with van der Waals surface area (Å²) in [6, 6.07) is 45.9. The molecule has 0 bridgehead atoms. The van der Waals surface area contributed by atoms with Crippen LogP contribution in [-0.4, -0.2) is 35.1 Å². The minimum atomic E-state index is 0.0104. The number of para-hydroxylation sites is 3. The number of nitrogens with zero attached hydrogens (tertiary/aromatic N) is 4. The molecule has 0 radical (unpaired) electrons. The Morgan fingerprint density at radius 2 is 0.840 bits per heavy atom. The Morgan fingerprint density at radius 1 is 0.480 bits per heavy atom. The summed E-state index contributed by atoms with van der Waals surface area (Å²) in [5.41, 5.74) is 17.8. The van der Waals surface area contributed by atoms with Crippen LogP contribution in [0.1, 0.15) is 22.3 Å². The number of quaternary nitrogens is 1. The van der Waals surface area contributed by atoms with E-state index in [0.717, 1.165) is 33.9 Å². The average molecular weight is 661 g/mol. The first-order valence-electron chi connectivity index (χ1n) is 15.8. The van der Waals surface area contributed by atoms with Crippen molar-refractivity contribution in [3.63, 3.8) is 0 Å². The van der Waals surface area contributed by atoms with Gasteiger partial charge in [0.25, 0.3) is 5.75 Å². The number of nitrogens with two attached hydrogens (primary N) is 1. The molecule has 50 heavy (non-hydrogen) atoms. The van der Waals surface area contributed by atoms with Gasteiger partial charge in [0, 0.05) is 23.3 Å². The zero-order chi connectivity index (χ0) is 34.4. The van der Waals surface area contributed by atoms with Crippen molar-refractivity contribution >= 4 is 47.6 Å². The number of aromatic hydroxyl groups is 1. The maximum absolute atomic E-state index is 11.3. The predicted octanol–water partition coefficient (Wildman–Crippen LogP) is 7.06. The second-order valence-electron chi connectivity index (χ2n) is 11.1. The molecule has 0 aliphatic heterocycles. The van der Waals surface area contributed by atoms with Gasteiger partial charge in [0.05, 0.1) is 53.0 Å². The average Bonchev–Trinajstić information content (AvgIpc) is 3.16. The van der Waals surface area contributed by atoms with E-state index in [1.165, 1.54) is 0 Å². The molecule has 6 aromatic carbocycles. The number of hydrogen-bond acceptors (Lipinski definition) is 8. The summed E-state index contributed by atoms with van der Waals surface area (Å²) in [5, 5.41) is 38.1. The first-order chi connectivity index (χ1) is 24.6. The number of anilines is 3. The summed E-state index contributed by atoms with van der Waals surface area (Å²) in [4.78, 5) is 0. The molecule has 246 valence electrons. The van der Waals surface area contributed by atoms with Crippen LogP contribution in [0.3, 0.4) is 0 Å². The summed E-state index contributed by atoms with van der Waals surface area (Å²) < 4.78 is 0. The Labute approximate surface area is 289 Å². The minimum Gasteiger partial charge on any atom is -0.592 e. The molecule has 0 saturated heterocycles. The van der Waals surface area contributed by atoms with Crippen molar-refractivity contribution in [2.24, 2.45) is 20.4 Å². The molecule has 0 aliphatic rings. The SMILES string of the molecule is Oc1c(/C=N/Nc2ccccc2)cc(-c2cc(/C=N/Nc3ccccc3)c([OH2+])c(/C=N/[NH2+]c3ccccc3)c2)cc1/C=N/Nc1ccccc1. The second-order valence-corrected chi connectivity index (χ2v) is 11.1. The molecule has 10 heteroatoms. The minimum absolute atomic E-state index is 0.0104. The highest BCUT2D eigenvalue weighted by Gasteiger charge is 2.16. The van der Waals surface area contributed by atoms with Crippen LogP contribution in [0.15, 0.2) is 166 Å². The van der Waals surface area contributed by atoms with E-state index in [1.54, 1.807) is 30.3 Å². The van der Waals surface area contributed by atoms with Gasteiger partial charge in [0.15, 0.2) is 5.69 Å². The van der Waals surface area contributed by atoms with Crippen LogP contribution in [-0.2, 0) is 0 Å². The van der Waals surface area contributed by atoms with Crippen LogP contribution >= 0.6 is 0 Å². The highest BCUT2D eigenvalue weighted by molar-refractivity contribution is 5.98. The summed E-state index contributed by atoms with van der Waals surface area (Å²) in [5.74, 6) is 0.273. The van der Waals surface area contributed by atoms with E-state index < -0.39 is 0 Å². The first kappa shape index (κ1) is 32.9. The monoisotopic (exact) mass is 660 g/mol. The van der Waals surface area contributed by atoms with Crippen molar-refractivity contribution in [2.75, 3.05) is 16.3 Å². The van der Waals surface area contributed by atoms with Crippen molar-refractivity contribution in [3.8, 4) is 22.6 Å². The molecule has 0 aromatic heterocycles. The fourth-order valence-corrected chi connectivity index (χ4v) is 4.91. The van der Waals surface area contributed by atoms with Crippen LogP contribution in [0.25, 0.3) is 11.1 Å². The Kier molecular flexibility index (Phi) is 11.0. The van der Waals surface area contributed by atoms with Crippen LogP contribution < -0.4 is 21.7 Å². The van der Waals surface area contributed by atoms with Crippen LogP contribution in [0, 0.1) is 0 Å². The number of phenols is 1. The molecule has 0 amide bonds. The van der Waals surface area contributed by atoms with E-state index >= 15 is 0 Å². The Morgan fingerprint density at radius 3 is 1.28 bits per heavy atom. The third kappa shape index (κ3) is 9.06. The lowest BCUT2D eigenvalue weighted by atomic mass is 9.95. The standard InChI is InChI=1S/C40H34N8O2/c49-39-31(25-41-45-35-13-5-1-6-14-35)21-29(22-32(39)26-42-46-36-15-7-2-8-16-36)30-23-33(27-43-47-37-17-9-3-10-18-37)40(50)34(24-30)28-44-48-38-19-11-4-12-20-38/h1-28,45-50H/p+2/b41-25+,42-26+,43-27+,44-28+. The number of nitrogens with one attached hydrogen (secondary N) is 3. The van der Waals surface area contributed by atoms with Gasteiger partial charge in [-0.25, -0.2) is 0 Å². The summed E-state index contributed by atoms with van der Waals surface area (Å²) in [7, 11) is 0. The quantitative estimate of drug-likeness (QED) is 0.0297. The van der Waals surface area contributed by atoms with Gasteiger partial charge in [0.1, 0.15) is 5.75 Å². The van der Waals surface area contributed by atoms with Gasteiger partial charge in [-0.2, -0.15) is 20.7 Å². The van der Waals surface area contributed by atoms with Crippen LogP contribution in [0.5, 0.6) is 11.5 Å². The lowest BCUT2D eigenvalue weighted by molar-refractivity contribution is -0.577. The highest BCUT2D eigenvalue weighted by Crippen LogP contribution is 2.33. The molecule has 0 spiro atoms. The number of benzene rings is 6. The van der Waals surface area contributed by atoms with E-state index in [0.29, 0.717) is 22.3 Å². The molecule has 6 aromatic rings. The Bertz CT molecular complexity index is 1820. The molecule has 0 heterocycles. The number of hydrazone groups is 3. The second kappa shape index (κ2) is 16.7. The highest BCUT2D eigenvalue weighted by atomic mass is 16.3. The molecule has 10 nitrogen and oxygen atoms in total. The third-order valence-electron chi connectivity index (χ3n) is 7.45. The molecule has 0 fully saturated rings. The van der Waals surface area contributed by atoms with Crippen molar-refractivity contribution in [1.82, 2.24) is 0 Å². The molecule has 0 aliphatic carbocycles. The van der Waals surface area contributed by atoms with Crippen molar-refractivity contribution in [3.05, 3.63) is 168 Å².